The molecule has 5 aliphatic heterocycles. The molecule has 0 radical (unpaired) electrons. The van der Waals surface area contributed by atoms with Crippen LogP contribution in [0.15, 0.2) is 219 Å². The van der Waals surface area contributed by atoms with Gasteiger partial charge in [0.2, 0.25) is 0 Å². The highest BCUT2D eigenvalue weighted by Gasteiger charge is 2.30. The standard InChI is InChI=1S/C27H32N4O4.C22H24N4O2.C22H21N3O.C21H20N4O.C15H18N2/c1-16-15-29-22-9-8-17(19-6-5-7-20(24(19)32)25(28)33)14-21(22)23(16)31-12-10-18(11-13-31)30-26(34)35-27(2,3)4;1-13-12-25-19-6-5-14(16-3-2-4-17(21(16)27)22(24)28)11-18(19)20(13)26-9-7-15(23)8-10-26;1-15-8-11-25(12-9-15)21-7-10-24-20-6-5-16(13-19(20)21)18-4-2-3-17(14-23)22(18)26;22-13-15-2-1-3-17(21(15)26)14-4-5-19-18(12-14)20(6-9-24-19)25-10-7-16(23)8-11-25;1-12-7-10-17(11-8-12)15-6-9-16-14-5-3-2-4-13(14)15/h5-9,14-15,18,32H,10-13H2,1-4H3,(H2,28,33)(H,30,34);2-6,11-12,15,27H,7-10,23H2,1H3,(H2,24,28);2-7,10,13,15,26H,8-9,11-12H2,1H3;1-6,9,12,16,26H,7-8,10-11,23H2;2-6,9,12H,7-8,10-11H2,1H3. The lowest BCUT2D eigenvalue weighted by Gasteiger charge is -2.35. The summed E-state index contributed by atoms with van der Waals surface area (Å²) in [5, 5.41) is 68.7. The molecule has 3 amide bonds. The van der Waals surface area contributed by atoms with Crippen molar-refractivity contribution >= 4 is 101 Å². The number of rotatable bonds is 12. The van der Waals surface area contributed by atoms with E-state index in [9.17, 15) is 40.1 Å². The van der Waals surface area contributed by atoms with E-state index in [1.807, 2.05) is 156 Å². The highest BCUT2D eigenvalue weighted by atomic mass is 16.6. The topological polar surface area (TPSA) is 386 Å². The number of carbonyl (C=O) groups excluding carboxylic acids is 3. The first kappa shape index (κ1) is 92.1. The van der Waals surface area contributed by atoms with Gasteiger partial charge in [-0.1, -0.05) is 105 Å². The molecule has 0 saturated carbocycles. The van der Waals surface area contributed by atoms with Gasteiger partial charge in [0.05, 0.1) is 61.2 Å². The number of nitrogens with one attached hydrogen (secondary N) is 1. The van der Waals surface area contributed by atoms with Crippen LogP contribution in [-0.4, -0.2) is 152 Å². The van der Waals surface area contributed by atoms with Gasteiger partial charge in [-0.2, -0.15) is 10.5 Å². The maximum Gasteiger partial charge on any atom is 0.407 e. The third kappa shape index (κ3) is 21.1. The summed E-state index contributed by atoms with van der Waals surface area (Å²) in [6.07, 6.45) is 19.5. The van der Waals surface area contributed by atoms with Gasteiger partial charge < -0.3 is 77.9 Å². The molecular weight excluding hydrogens is 1650 g/mol. The van der Waals surface area contributed by atoms with Crippen LogP contribution in [0.3, 0.4) is 0 Å². The number of aromatic hydroxyl groups is 4. The average molecular weight is 1770 g/mol. The van der Waals surface area contributed by atoms with E-state index in [2.05, 4.69) is 118 Å². The van der Waals surface area contributed by atoms with Crippen molar-refractivity contribution in [1.82, 2.24) is 30.2 Å². The Labute approximate surface area is 770 Å². The van der Waals surface area contributed by atoms with E-state index >= 15 is 0 Å². The fraction of sp³-hybridized carbons (Fsp3) is 0.308. The molecule has 5 aliphatic rings. The van der Waals surface area contributed by atoms with Crippen molar-refractivity contribution in [3.8, 4) is 79.6 Å². The highest BCUT2D eigenvalue weighted by molar-refractivity contribution is 6.03. The number of nitriles is 2. The summed E-state index contributed by atoms with van der Waals surface area (Å²) in [5.74, 6) is 0.153. The van der Waals surface area contributed by atoms with E-state index in [0.29, 0.717) is 27.8 Å². The number of hydrogen-bond acceptors (Lipinski definition) is 22. The van der Waals surface area contributed by atoms with E-state index in [1.54, 1.807) is 48.5 Å². The molecular formula is C107H115N17O8. The number of phenols is 4. The van der Waals surface area contributed by atoms with Gasteiger partial charge in [-0.3, -0.25) is 34.5 Å². The van der Waals surface area contributed by atoms with E-state index in [4.69, 9.17) is 32.9 Å². The molecule has 0 unspecified atom stereocenters. The molecule has 5 aromatic heterocycles. The summed E-state index contributed by atoms with van der Waals surface area (Å²) >= 11 is 0. The predicted octanol–water partition coefficient (Wildman–Crippen LogP) is 19.0. The average Bonchev–Trinajstić information content (AvgIpc) is 0.768. The first-order valence-corrected chi connectivity index (χ1v) is 45.5. The van der Waals surface area contributed by atoms with Crippen molar-refractivity contribution in [1.29, 1.82) is 10.5 Å². The molecule has 5 fully saturated rings. The van der Waals surface area contributed by atoms with Crippen molar-refractivity contribution in [2.45, 2.75) is 136 Å². The van der Waals surface area contributed by atoms with E-state index < -0.39 is 17.4 Å². The van der Waals surface area contributed by atoms with E-state index in [1.165, 1.54) is 67.7 Å². The molecule has 25 nitrogen and oxygen atoms in total. The molecule has 0 spiro atoms. The fourth-order valence-electron chi connectivity index (χ4n) is 18.4. The minimum absolute atomic E-state index is 0.0173. The molecule has 9 aromatic carbocycles. The van der Waals surface area contributed by atoms with Crippen LogP contribution in [0.25, 0.3) is 99.0 Å². The van der Waals surface area contributed by atoms with Gasteiger partial charge in [-0.05, 0) is 241 Å². The van der Waals surface area contributed by atoms with Crippen LogP contribution in [0.5, 0.6) is 23.0 Å². The Morgan fingerprint density at radius 2 is 0.720 bits per heavy atom. The Morgan fingerprint density at radius 3 is 1.10 bits per heavy atom. The highest BCUT2D eigenvalue weighted by Crippen LogP contribution is 2.44. The smallest absolute Gasteiger partial charge is 0.407 e. The number of nitrogens with two attached hydrogens (primary N) is 4. The van der Waals surface area contributed by atoms with Crippen molar-refractivity contribution < 1.29 is 39.5 Å². The van der Waals surface area contributed by atoms with Gasteiger partial charge >= 0.3 is 6.09 Å². The molecule has 5 saturated heterocycles. The summed E-state index contributed by atoms with van der Waals surface area (Å²) < 4.78 is 5.40. The molecule has 19 rings (SSSR count). The van der Waals surface area contributed by atoms with Crippen molar-refractivity contribution in [2.75, 3.05) is 89.9 Å². The second kappa shape index (κ2) is 41.0. The number of piperidine rings is 5. The minimum atomic E-state index is -0.675. The number of para-hydroxylation sites is 5. The number of benzene rings is 9. The number of fused-ring (bicyclic) bond motifs is 5. The summed E-state index contributed by atoms with van der Waals surface area (Å²) in [5.41, 5.74) is 41.7. The van der Waals surface area contributed by atoms with Crippen molar-refractivity contribution in [2.24, 2.45) is 34.8 Å². The second-order valence-electron chi connectivity index (χ2n) is 36.2. The summed E-state index contributed by atoms with van der Waals surface area (Å²) in [6.45, 7) is 24.0. The Balaban J connectivity index is 0.000000128. The number of aryl methyl sites for hydroxylation is 2. The molecule has 132 heavy (non-hydrogen) atoms. The number of hydrogen-bond donors (Lipinski definition) is 9. The van der Waals surface area contributed by atoms with E-state index in [-0.39, 0.29) is 63.9 Å². The largest absolute Gasteiger partial charge is 0.506 e. The monoisotopic (exact) mass is 1770 g/mol. The summed E-state index contributed by atoms with van der Waals surface area (Å²) in [7, 11) is 0. The van der Waals surface area contributed by atoms with Crippen LogP contribution in [0.2, 0.25) is 0 Å². The number of aromatic nitrogens is 5. The third-order valence-electron chi connectivity index (χ3n) is 25.8. The maximum absolute atomic E-state index is 12.2. The van der Waals surface area contributed by atoms with Gasteiger partial charge in [-0.15, -0.1) is 0 Å². The van der Waals surface area contributed by atoms with E-state index in [0.717, 1.165) is 202 Å². The number of amides is 3. The maximum atomic E-state index is 12.2. The van der Waals surface area contributed by atoms with Crippen LogP contribution in [0.1, 0.15) is 142 Å². The first-order chi connectivity index (χ1) is 63.7. The van der Waals surface area contributed by atoms with Gasteiger partial charge in [0.1, 0.15) is 40.7 Å². The third-order valence-corrected chi connectivity index (χ3v) is 25.8. The molecule has 14 aromatic rings. The van der Waals surface area contributed by atoms with Crippen LogP contribution < -0.4 is 52.8 Å². The molecule has 13 N–H and O–H groups in total. The number of alkyl carbamates (subject to hydrolysis) is 1. The Morgan fingerprint density at radius 1 is 0.394 bits per heavy atom. The number of ether oxygens (including phenoxy) is 1. The molecule has 676 valence electrons. The lowest BCUT2D eigenvalue weighted by atomic mass is 9.97. The normalized spacial score (nSPS) is 15.3. The molecule has 0 aliphatic carbocycles. The molecule has 25 heteroatoms. The minimum Gasteiger partial charge on any atom is -0.506 e. The SMILES string of the molecule is CC1CCN(c2ccnc3ccc(-c4cccc(C#N)c4O)cc23)CC1.CC1CCN(c2ccnc3ccccc23)CC1.Cc1cnc2ccc(-c3cccc(C(N)=O)c3O)cc2c1N1CCC(N)CC1.Cc1cnc2ccc(-c3cccc(C(N)=O)c3O)cc2c1N1CCC(NC(=O)OC(C)(C)C)CC1.N#Cc1cccc(-c2ccc3nccc(N4CCC(N)CC4)c3c2)c1O. The summed E-state index contributed by atoms with van der Waals surface area (Å²) in [4.78, 5) is 70.0. The van der Waals surface area contributed by atoms with Crippen LogP contribution in [0, 0.1) is 48.3 Å². The first-order valence-electron chi connectivity index (χ1n) is 45.5. The molecule has 0 bridgehead atoms. The molecule has 10 heterocycles. The lowest BCUT2D eigenvalue weighted by molar-refractivity contribution is 0.0496. The predicted molar refractivity (Wildman–Crippen MR) is 528 cm³/mol. The number of pyridine rings is 5. The van der Waals surface area contributed by atoms with Crippen molar-refractivity contribution in [3.63, 3.8) is 0 Å². The van der Waals surface area contributed by atoms with Crippen molar-refractivity contribution in [3.05, 3.63) is 252 Å². The quantitative estimate of drug-likeness (QED) is 0.0548. The Bertz CT molecular complexity index is 6500. The number of anilines is 5. The lowest BCUT2D eigenvalue weighted by Crippen LogP contribution is -2.46. The summed E-state index contributed by atoms with van der Waals surface area (Å²) in [6, 6.07) is 63.5. The van der Waals surface area contributed by atoms with Gasteiger partial charge in [0, 0.05) is 181 Å². The zero-order valence-corrected chi connectivity index (χ0v) is 75.9. The fourth-order valence-corrected chi connectivity index (χ4v) is 18.4. The Kier molecular flexibility index (Phi) is 28.6. The number of carbonyl (C=O) groups is 3. The Hall–Kier alpha value is -14.7. The zero-order valence-electron chi connectivity index (χ0n) is 75.9. The van der Waals surface area contributed by atoms with Crippen LogP contribution in [-0.2, 0) is 4.74 Å². The second-order valence-corrected chi connectivity index (χ2v) is 36.2. The number of nitrogens with zero attached hydrogens (tertiary/aromatic N) is 12. The van der Waals surface area contributed by atoms with Gasteiger partial charge in [0.15, 0.2) is 0 Å². The van der Waals surface area contributed by atoms with Crippen LogP contribution >= 0.6 is 0 Å². The number of primary amides is 2. The molecule has 0 atom stereocenters. The van der Waals surface area contributed by atoms with Gasteiger partial charge in [-0.25, -0.2) is 4.79 Å². The van der Waals surface area contributed by atoms with Gasteiger partial charge in [0.25, 0.3) is 11.8 Å². The zero-order chi connectivity index (χ0) is 93.0. The number of phenolic OH excluding ortho intramolecular Hbond substituents is 2. The van der Waals surface area contributed by atoms with Crippen LogP contribution in [0.4, 0.5) is 33.2 Å².